The average molecular weight is 426 g/mol. The van der Waals surface area contributed by atoms with Gasteiger partial charge in [-0.2, -0.15) is 10.4 Å². The second-order valence-electron chi connectivity index (χ2n) is 8.27. The first-order valence-electron chi connectivity index (χ1n) is 11.2. The maximum absolute atomic E-state index is 10.1. The number of fused-ring (bicyclic) bond motifs is 1. The average Bonchev–Trinajstić information content (AvgIpc) is 3.42. The van der Waals surface area contributed by atoms with Crippen LogP contribution < -0.4 is 10.1 Å². The number of hydrogen-bond acceptors (Lipinski definition) is 4. The molecule has 1 aliphatic carbocycles. The minimum absolute atomic E-state index is 0.425. The lowest BCUT2D eigenvalue weighted by Crippen LogP contribution is -2.17. The number of nitrogens with one attached hydrogen (secondary N) is 1. The van der Waals surface area contributed by atoms with Crippen LogP contribution in [-0.4, -0.2) is 28.0 Å². The number of nitriles is 1. The highest BCUT2D eigenvalue weighted by atomic mass is 16.5. The van der Waals surface area contributed by atoms with E-state index in [1.54, 1.807) is 6.20 Å². The lowest BCUT2D eigenvalue weighted by molar-refractivity contribution is 0.298. The minimum atomic E-state index is 0.425. The van der Waals surface area contributed by atoms with Crippen LogP contribution in [0.4, 0.5) is 5.69 Å². The molecule has 0 bridgehead atoms. The van der Waals surface area contributed by atoms with Gasteiger partial charge in [0.15, 0.2) is 0 Å². The maximum Gasteiger partial charge on any atom is 0.121 e. The molecular weight excluding hydrogens is 398 g/mol. The SMILES string of the molecule is CNc1ccc(-c2c(C#N)c3ccc(OCCCn4cccn4)cc3n2C2CCC2)cc1. The predicted molar refractivity (Wildman–Crippen MR) is 127 cm³/mol. The highest BCUT2D eigenvalue weighted by molar-refractivity contribution is 5.95. The zero-order valence-corrected chi connectivity index (χ0v) is 18.3. The molecular formula is C26H27N5O. The number of rotatable bonds is 8. The Labute approximate surface area is 188 Å². The molecule has 1 N–H and O–H groups in total. The summed E-state index contributed by atoms with van der Waals surface area (Å²) in [6, 6.07) is 19.3. The zero-order chi connectivity index (χ0) is 21.9. The van der Waals surface area contributed by atoms with Crippen molar-refractivity contribution in [1.82, 2.24) is 14.3 Å². The van der Waals surface area contributed by atoms with Gasteiger partial charge in [-0.15, -0.1) is 0 Å². The van der Waals surface area contributed by atoms with E-state index in [4.69, 9.17) is 4.74 Å². The van der Waals surface area contributed by atoms with Crippen LogP contribution >= 0.6 is 0 Å². The zero-order valence-electron chi connectivity index (χ0n) is 18.3. The van der Waals surface area contributed by atoms with Gasteiger partial charge in [-0.1, -0.05) is 12.1 Å². The van der Waals surface area contributed by atoms with E-state index >= 15 is 0 Å². The van der Waals surface area contributed by atoms with Crippen molar-refractivity contribution >= 4 is 16.6 Å². The van der Waals surface area contributed by atoms with Gasteiger partial charge in [-0.05, 0) is 55.2 Å². The first kappa shape index (κ1) is 20.2. The van der Waals surface area contributed by atoms with Crippen molar-refractivity contribution in [3.05, 3.63) is 66.5 Å². The van der Waals surface area contributed by atoms with Crippen molar-refractivity contribution in [2.45, 2.75) is 38.3 Å². The summed E-state index contributed by atoms with van der Waals surface area (Å²) in [5.41, 5.74) is 4.98. The van der Waals surface area contributed by atoms with E-state index in [-0.39, 0.29) is 0 Å². The van der Waals surface area contributed by atoms with Gasteiger partial charge in [0, 0.05) is 55.6 Å². The Kier molecular flexibility index (Phi) is 5.55. The fourth-order valence-electron chi connectivity index (χ4n) is 4.45. The highest BCUT2D eigenvalue weighted by Gasteiger charge is 2.28. The number of nitrogens with zero attached hydrogens (tertiary/aromatic N) is 4. The third-order valence-electron chi connectivity index (χ3n) is 6.33. The van der Waals surface area contributed by atoms with E-state index in [1.807, 2.05) is 36.1 Å². The van der Waals surface area contributed by atoms with Crippen molar-refractivity contribution < 1.29 is 4.74 Å². The molecule has 0 atom stereocenters. The van der Waals surface area contributed by atoms with Crippen LogP contribution in [0, 0.1) is 11.3 Å². The molecule has 0 spiro atoms. The van der Waals surface area contributed by atoms with Crippen LogP contribution in [0.15, 0.2) is 60.9 Å². The van der Waals surface area contributed by atoms with Gasteiger partial charge >= 0.3 is 0 Å². The molecule has 6 nitrogen and oxygen atoms in total. The van der Waals surface area contributed by atoms with Crippen molar-refractivity contribution in [2.75, 3.05) is 19.0 Å². The fourth-order valence-corrected chi connectivity index (χ4v) is 4.45. The maximum atomic E-state index is 10.1. The highest BCUT2D eigenvalue weighted by Crippen LogP contribution is 2.43. The lowest BCUT2D eigenvalue weighted by Gasteiger charge is -2.30. The van der Waals surface area contributed by atoms with Crippen LogP contribution in [0.25, 0.3) is 22.2 Å². The molecule has 5 rings (SSSR count). The molecule has 6 heteroatoms. The van der Waals surface area contributed by atoms with Crippen molar-refractivity contribution in [1.29, 1.82) is 5.26 Å². The van der Waals surface area contributed by atoms with E-state index in [1.165, 1.54) is 6.42 Å². The van der Waals surface area contributed by atoms with Gasteiger partial charge in [-0.3, -0.25) is 4.68 Å². The standard InChI is InChI=1S/C26H27N5O/c1-28-20-9-7-19(8-10-20)26-24(18-27)23-12-11-22(17-25(23)31(26)21-5-2-6-21)32-16-4-15-30-14-3-13-29-30/h3,7-14,17,21,28H,2,4-6,15-16H2,1H3. The second-order valence-corrected chi connectivity index (χ2v) is 8.27. The number of benzene rings is 2. The molecule has 0 saturated heterocycles. The topological polar surface area (TPSA) is 67.8 Å². The van der Waals surface area contributed by atoms with E-state index in [0.717, 1.165) is 65.0 Å². The monoisotopic (exact) mass is 425 g/mol. The Morgan fingerprint density at radius 2 is 2.03 bits per heavy atom. The van der Waals surface area contributed by atoms with Gasteiger partial charge in [0.1, 0.15) is 11.8 Å². The van der Waals surface area contributed by atoms with Crippen LogP contribution in [0.1, 0.15) is 37.3 Å². The van der Waals surface area contributed by atoms with Crippen LogP contribution in [0.3, 0.4) is 0 Å². The predicted octanol–water partition coefficient (Wildman–Crippen LogP) is 5.61. The molecule has 2 heterocycles. The molecule has 2 aromatic heterocycles. The molecule has 32 heavy (non-hydrogen) atoms. The van der Waals surface area contributed by atoms with E-state index < -0.39 is 0 Å². The van der Waals surface area contributed by atoms with Crippen molar-refractivity contribution in [3.8, 4) is 23.1 Å². The summed E-state index contributed by atoms with van der Waals surface area (Å²) in [4.78, 5) is 0. The van der Waals surface area contributed by atoms with Gasteiger partial charge < -0.3 is 14.6 Å². The van der Waals surface area contributed by atoms with E-state index in [9.17, 15) is 5.26 Å². The Balaban J connectivity index is 1.49. The molecule has 4 aromatic rings. The number of ether oxygens (including phenoxy) is 1. The van der Waals surface area contributed by atoms with Gasteiger partial charge in [0.2, 0.25) is 0 Å². The van der Waals surface area contributed by atoms with Gasteiger partial charge in [-0.25, -0.2) is 0 Å². The molecule has 0 amide bonds. The molecule has 2 aromatic carbocycles. The summed E-state index contributed by atoms with van der Waals surface area (Å²) >= 11 is 0. The molecule has 0 unspecified atom stereocenters. The Morgan fingerprint density at radius 3 is 2.69 bits per heavy atom. The summed E-state index contributed by atoms with van der Waals surface area (Å²) in [6.07, 6.45) is 8.16. The van der Waals surface area contributed by atoms with E-state index in [2.05, 4.69) is 51.4 Å². The Bertz CT molecular complexity index is 1240. The quantitative estimate of drug-likeness (QED) is 0.373. The smallest absolute Gasteiger partial charge is 0.121 e. The Hall–Kier alpha value is -3.72. The van der Waals surface area contributed by atoms with Gasteiger partial charge in [0.05, 0.1) is 23.4 Å². The third kappa shape index (κ3) is 3.71. The molecule has 1 saturated carbocycles. The number of aromatic nitrogens is 3. The summed E-state index contributed by atoms with van der Waals surface area (Å²) in [5.74, 6) is 0.845. The van der Waals surface area contributed by atoms with Crippen molar-refractivity contribution in [3.63, 3.8) is 0 Å². The first-order valence-corrected chi connectivity index (χ1v) is 11.2. The van der Waals surface area contributed by atoms with E-state index in [0.29, 0.717) is 12.6 Å². The van der Waals surface area contributed by atoms with Crippen LogP contribution in [0.2, 0.25) is 0 Å². The fraction of sp³-hybridized carbons (Fsp3) is 0.308. The molecule has 1 fully saturated rings. The summed E-state index contributed by atoms with van der Waals surface area (Å²) in [6.45, 7) is 1.46. The van der Waals surface area contributed by atoms with Crippen LogP contribution in [0.5, 0.6) is 5.75 Å². The number of anilines is 1. The summed E-state index contributed by atoms with van der Waals surface area (Å²) in [5, 5.41) is 18.5. The molecule has 0 radical (unpaired) electrons. The normalized spacial score (nSPS) is 13.6. The molecule has 1 aliphatic rings. The summed E-state index contributed by atoms with van der Waals surface area (Å²) < 4.78 is 10.4. The van der Waals surface area contributed by atoms with Gasteiger partial charge in [0.25, 0.3) is 0 Å². The molecule has 0 aliphatic heterocycles. The lowest BCUT2D eigenvalue weighted by atomic mass is 9.92. The number of hydrogen-bond donors (Lipinski definition) is 1. The minimum Gasteiger partial charge on any atom is -0.493 e. The third-order valence-corrected chi connectivity index (χ3v) is 6.33. The summed E-state index contributed by atoms with van der Waals surface area (Å²) in [7, 11) is 1.91. The second kappa shape index (κ2) is 8.80. The number of aryl methyl sites for hydroxylation is 1. The van der Waals surface area contributed by atoms with Crippen molar-refractivity contribution in [2.24, 2.45) is 0 Å². The van der Waals surface area contributed by atoms with Crippen LogP contribution in [-0.2, 0) is 6.54 Å². The Morgan fingerprint density at radius 1 is 1.19 bits per heavy atom. The molecule has 162 valence electrons. The largest absolute Gasteiger partial charge is 0.493 e. The first-order chi connectivity index (χ1) is 15.8.